The van der Waals surface area contributed by atoms with Crippen molar-refractivity contribution in [3.05, 3.63) is 66.2 Å². The summed E-state index contributed by atoms with van der Waals surface area (Å²) in [7, 11) is 0. The van der Waals surface area contributed by atoms with Crippen LogP contribution in [0.25, 0.3) is 0 Å². The van der Waals surface area contributed by atoms with E-state index in [2.05, 4.69) is 6.92 Å². The first kappa shape index (κ1) is 15.0. The molecular formula is C19H17NO3. The number of imide groups is 1. The van der Waals surface area contributed by atoms with E-state index in [4.69, 9.17) is 4.74 Å². The van der Waals surface area contributed by atoms with Crippen LogP contribution in [0.5, 0.6) is 11.5 Å². The predicted molar refractivity (Wildman–Crippen MR) is 88.6 cm³/mol. The van der Waals surface area contributed by atoms with Gasteiger partial charge in [0.25, 0.3) is 11.8 Å². The van der Waals surface area contributed by atoms with E-state index in [1.807, 2.05) is 24.3 Å². The molecule has 0 atom stereocenters. The number of hydrogen-bond donors (Lipinski definition) is 0. The second kappa shape index (κ2) is 6.48. The lowest BCUT2D eigenvalue weighted by Gasteiger charge is -2.15. The van der Waals surface area contributed by atoms with Crippen molar-refractivity contribution in [1.82, 2.24) is 0 Å². The quantitative estimate of drug-likeness (QED) is 0.788. The van der Waals surface area contributed by atoms with E-state index in [1.165, 1.54) is 17.7 Å². The maximum absolute atomic E-state index is 11.7. The molecule has 3 rings (SSSR count). The van der Waals surface area contributed by atoms with Crippen molar-refractivity contribution in [2.24, 2.45) is 0 Å². The highest BCUT2D eigenvalue weighted by atomic mass is 16.5. The van der Waals surface area contributed by atoms with Crippen LogP contribution in [0.15, 0.2) is 60.7 Å². The highest BCUT2D eigenvalue weighted by molar-refractivity contribution is 6.28. The Morgan fingerprint density at radius 1 is 0.913 bits per heavy atom. The average Bonchev–Trinajstić information content (AvgIpc) is 2.89. The van der Waals surface area contributed by atoms with Gasteiger partial charge in [-0.3, -0.25) is 9.59 Å². The molecule has 0 radical (unpaired) electrons. The van der Waals surface area contributed by atoms with Gasteiger partial charge in [0.1, 0.15) is 11.5 Å². The van der Waals surface area contributed by atoms with Crippen LogP contribution in [0, 0.1) is 0 Å². The number of benzene rings is 2. The number of nitrogens with zero attached hydrogens (tertiary/aromatic N) is 1. The fraction of sp³-hybridized carbons (Fsp3) is 0.158. The van der Waals surface area contributed by atoms with Crippen molar-refractivity contribution in [3.63, 3.8) is 0 Å². The van der Waals surface area contributed by atoms with E-state index in [1.54, 1.807) is 24.3 Å². The second-order valence-electron chi connectivity index (χ2n) is 5.34. The number of aryl methyl sites for hydroxylation is 1. The third-order valence-electron chi connectivity index (χ3n) is 3.58. The van der Waals surface area contributed by atoms with Crippen molar-refractivity contribution in [3.8, 4) is 11.5 Å². The Kier molecular flexibility index (Phi) is 4.24. The molecule has 4 nitrogen and oxygen atoms in total. The van der Waals surface area contributed by atoms with Crippen molar-refractivity contribution in [1.29, 1.82) is 0 Å². The Morgan fingerprint density at radius 2 is 1.61 bits per heavy atom. The van der Waals surface area contributed by atoms with Crippen LogP contribution in [0.1, 0.15) is 18.9 Å². The van der Waals surface area contributed by atoms with Crippen LogP contribution >= 0.6 is 0 Å². The molecule has 0 fully saturated rings. The minimum Gasteiger partial charge on any atom is -0.457 e. The Bertz CT molecular complexity index is 744. The molecule has 1 aliphatic heterocycles. The smallest absolute Gasteiger partial charge is 0.258 e. The highest BCUT2D eigenvalue weighted by Crippen LogP contribution is 2.27. The molecule has 0 aromatic heterocycles. The summed E-state index contributed by atoms with van der Waals surface area (Å²) < 4.78 is 5.81. The Balaban J connectivity index is 1.77. The maximum atomic E-state index is 11.7. The van der Waals surface area contributed by atoms with Crippen LogP contribution < -0.4 is 9.64 Å². The lowest BCUT2D eigenvalue weighted by Crippen LogP contribution is -2.29. The maximum Gasteiger partial charge on any atom is 0.258 e. The van der Waals surface area contributed by atoms with Crippen molar-refractivity contribution < 1.29 is 14.3 Å². The minimum absolute atomic E-state index is 0.337. The van der Waals surface area contributed by atoms with E-state index < -0.39 is 0 Å². The van der Waals surface area contributed by atoms with Gasteiger partial charge in [0.05, 0.1) is 5.69 Å². The molecule has 0 spiro atoms. The van der Waals surface area contributed by atoms with Gasteiger partial charge in [-0.1, -0.05) is 31.5 Å². The lowest BCUT2D eigenvalue weighted by atomic mass is 10.1. The summed E-state index contributed by atoms with van der Waals surface area (Å²) in [5.41, 5.74) is 1.78. The van der Waals surface area contributed by atoms with Gasteiger partial charge in [-0.15, -0.1) is 0 Å². The highest BCUT2D eigenvalue weighted by Gasteiger charge is 2.25. The van der Waals surface area contributed by atoms with Crippen molar-refractivity contribution in [2.75, 3.05) is 4.90 Å². The molecule has 2 aromatic rings. The first-order valence-electron chi connectivity index (χ1n) is 7.60. The third-order valence-corrected chi connectivity index (χ3v) is 3.58. The van der Waals surface area contributed by atoms with E-state index >= 15 is 0 Å². The summed E-state index contributed by atoms with van der Waals surface area (Å²) in [4.78, 5) is 24.6. The molecule has 2 amide bonds. The molecule has 0 bridgehead atoms. The zero-order chi connectivity index (χ0) is 16.2. The summed E-state index contributed by atoms with van der Waals surface area (Å²) in [5, 5.41) is 0. The predicted octanol–water partition coefficient (Wildman–Crippen LogP) is 3.86. The monoisotopic (exact) mass is 307 g/mol. The van der Waals surface area contributed by atoms with E-state index in [9.17, 15) is 9.59 Å². The largest absolute Gasteiger partial charge is 0.457 e. The topological polar surface area (TPSA) is 46.6 Å². The second-order valence-corrected chi connectivity index (χ2v) is 5.34. The minimum atomic E-state index is -0.337. The van der Waals surface area contributed by atoms with Crippen LogP contribution in [0.4, 0.5) is 5.69 Å². The molecule has 0 saturated carbocycles. The summed E-state index contributed by atoms with van der Waals surface area (Å²) in [6, 6.07) is 14.9. The fourth-order valence-corrected chi connectivity index (χ4v) is 2.49. The number of carbonyl (C=O) groups excluding carboxylic acids is 2. The number of rotatable bonds is 5. The van der Waals surface area contributed by atoms with E-state index in [0.29, 0.717) is 11.4 Å². The molecule has 1 heterocycles. The SMILES string of the molecule is CCCc1ccc(Oc2cccc(N3C(=O)C=CC3=O)c2)cc1. The van der Waals surface area contributed by atoms with Crippen LogP contribution in [-0.4, -0.2) is 11.8 Å². The van der Waals surface area contributed by atoms with E-state index in [-0.39, 0.29) is 11.8 Å². The van der Waals surface area contributed by atoms with E-state index in [0.717, 1.165) is 23.5 Å². The van der Waals surface area contributed by atoms with Crippen LogP contribution in [0.3, 0.4) is 0 Å². The normalized spacial score (nSPS) is 13.7. The van der Waals surface area contributed by atoms with Gasteiger partial charge in [-0.05, 0) is 36.2 Å². The Morgan fingerprint density at radius 3 is 2.26 bits per heavy atom. The lowest BCUT2D eigenvalue weighted by molar-refractivity contribution is -0.119. The molecular weight excluding hydrogens is 290 g/mol. The molecule has 0 aliphatic carbocycles. The van der Waals surface area contributed by atoms with Gasteiger partial charge >= 0.3 is 0 Å². The van der Waals surface area contributed by atoms with Crippen LogP contribution in [0.2, 0.25) is 0 Å². The molecule has 2 aromatic carbocycles. The van der Waals surface area contributed by atoms with Crippen molar-refractivity contribution >= 4 is 17.5 Å². The number of amides is 2. The molecule has 0 unspecified atom stereocenters. The first-order valence-corrected chi connectivity index (χ1v) is 7.60. The van der Waals surface area contributed by atoms with Gasteiger partial charge in [0.2, 0.25) is 0 Å². The Hall–Kier alpha value is -2.88. The molecule has 4 heteroatoms. The summed E-state index contributed by atoms with van der Waals surface area (Å²) in [5.74, 6) is 0.629. The number of anilines is 1. The molecule has 23 heavy (non-hydrogen) atoms. The zero-order valence-electron chi connectivity index (χ0n) is 12.9. The first-order chi connectivity index (χ1) is 11.2. The van der Waals surface area contributed by atoms with Crippen molar-refractivity contribution in [2.45, 2.75) is 19.8 Å². The number of hydrogen-bond acceptors (Lipinski definition) is 3. The third kappa shape index (κ3) is 3.31. The van der Waals surface area contributed by atoms with Gasteiger partial charge in [-0.25, -0.2) is 4.90 Å². The van der Waals surface area contributed by atoms with Gasteiger partial charge in [0, 0.05) is 18.2 Å². The van der Waals surface area contributed by atoms with Gasteiger partial charge in [0.15, 0.2) is 0 Å². The summed E-state index contributed by atoms with van der Waals surface area (Å²) >= 11 is 0. The number of ether oxygens (including phenoxy) is 1. The Labute approximate surface area is 135 Å². The molecule has 116 valence electrons. The molecule has 1 aliphatic rings. The summed E-state index contributed by atoms with van der Waals surface area (Å²) in [6.07, 6.45) is 4.68. The van der Waals surface area contributed by atoms with Gasteiger partial charge < -0.3 is 4.74 Å². The summed E-state index contributed by atoms with van der Waals surface area (Å²) in [6.45, 7) is 2.14. The molecule has 0 saturated heterocycles. The standard InChI is InChI=1S/C19H17NO3/c1-2-4-14-7-9-16(10-8-14)23-17-6-3-5-15(13-17)20-18(21)11-12-19(20)22/h3,5-13H,2,4H2,1H3. The van der Waals surface area contributed by atoms with Crippen LogP contribution in [-0.2, 0) is 16.0 Å². The zero-order valence-corrected chi connectivity index (χ0v) is 12.9. The number of carbonyl (C=O) groups is 2. The van der Waals surface area contributed by atoms with Gasteiger partial charge in [-0.2, -0.15) is 0 Å². The molecule has 0 N–H and O–H groups in total. The fourth-order valence-electron chi connectivity index (χ4n) is 2.49. The average molecular weight is 307 g/mol.